The maximum absolute atomic E-state index is 12.9. The van der Waals surface area contributed by atoms with Gasteiger partial charge in [-0.1, -0.05) is 17.9 Å². The van der Waals surface area contributed by atoms with Crippen molar-refractivity contribution in [1.82, 2.24) is 0 Å². The van der Waals surface area contributed by atoms with Crippen LogP contribution in [-0.2, 0) is 9.47 Å². The summed E-state index contributed by atoms with van der Waals surface area (Å²) in [6.45, 7) is 0.728. The third kappa shape index (κ3) is 5.10. The van der Waals surface area contributed by atoms with Gasteiger partial charge in [0.2, 0.25) is 0 Å². The first-order valence-electron chi connectivity index (χ1n) is 8.48. The molecule has 26 heavy (non-hydrogen) atoms. The Bertz CT molecular complexity index is 767. The zero-order valence-electron chi connectivity index (χ0n) is 14.5. The summed E-state index contributed by atoms with van der Waals surface area (Å²) in [5.74, 6) is 9.49. The van der Waals surface area contributed by atoms with Crippen LogP contribution in [0, 0.1) is 24.7 Å². The minimum atomic E-state index is -2.94. The summed E-state index contributed by atoms with van der Waals surface area (Å²) < 4.78 is 35.8. The first-order chi connectivity index (χ1) is 12.5. The number of ether oxygens (including phenoxy) is 2. The molecule has 7 heteroatoms. The van der Waals surface area contributed by atoms with E-state index >= 15 is 0 Å². The molecule has 2 aliphatic rings. The highest BCUT2D eigenvalue weighted by molar-refractivity contribution is 6.38. The van der Waals surface area contributed by atoms with Crippen LogP contribution in [0.5, 0.6) is 0 Å². The van der Waals surface area contributed by atoms with Crippen LogP contribution in [0.2, 0.25) is 0 Å². The third-order valence-corrected chi connectivity index (χ3v) is 4.07. The van der Waals surface area contributed by atoms with Crippen LogP contribution in [0.25, 0.3) is 0 Å². The van der Waals surface area contributed by atoms with Gasteiger partial charge in [0, 0.05) is 23.3 Å². The summed E-state index contributed by atoms with van der Waals surface area (Å²) in [7, 11) is 0. The Hall–Kier alpha value is -2.30. The number of hydrazone groups is 1. The van der Waals surface area contributed by atoms with Crippen LogP contribution < -0.4 is 5.84 Å². The highest BCUT2D eigenvalue weighted by Crippen LogP contribution is 2.27. The average molecular weight is 361 g/mol. The van der Waals surface area contributed by atoms with Crippen LogP contribution in [0.1, 0.15) is 29.5 Å². The van der Waals surface area contributed by atoms with Gasteiger partial charge in [0.05, 0.1) is 6.54 Å². The SMILES string of the molecule is Cc1cc(C#CC2CC2)ccc1/C(C=NCC1OCC(F)(F)CO1)=N/N. The molecule has 5 nitrogen and oxygen atoms in total. The van der Waals surface area contributed by atoms with E-state index in [0.717, 1.165) is 16.7 Å². The molecule has 1 saturated heterocycles. The Labute approximate surface area is 151 Å². The van der Waals surface area contributed by atoms with Crippen LogP contribution in [0.15, 0.2) is 28.3 Å². The van der Waals surface area contributed by atoms with Crippen molar-refractivity contribution in [2.45, 2.75) is 32.0 Å². The minimum Gasteiger partial charge on any atom is -0.344 e. The van der Waals surface area contributed by atoms with E-state index in [1.165, 1.54) is 19.1 Å². The lowest BCUT2D eigenvalue weighted by molar-refractivity contribution is -0.262. The van der Waals surface area contributed by atoms with E-state index in [-0.39, 0.29) is 6.54 Å². The monoisotopic (exact) mass is 361 g/mol. The zero-order valence-corrected chi connectivity index (χ0v) is 14.5. The van der Waals surface area contributed by atoms with Gasteiger partial charge in [-0.3, -0.25) is 4.99 Å². The normalized spacial score (nSPS) is 20.8. The summed E-state index contributed by atoms with van der Waals surface area (Å²) in [5.41, 5.74) is 3.26. The summed E-state index contributed by atoms with van der Waals surface area (Å²) in [5, 5.41) is 3.77. The molecule has 3 rings (SSSR count). The van der Waals surface area contributed by atoms with Gasteiger partial charge in [0.25, 0.3) is 5.92 Å². The van der Waals surface area contributed by atoms with Crippen LogP contribution in [0.3, 0.4) is 0 Å². The maximum Gasteiger partial charge on any atom is 0.293 e. The molecule has 0 spiro atoms. The molecule has 0 bridgehead atoms. The molecular weight excluding hydrogens is 340 g/mol. The largest absolute Gasteiger partial charge is 0.344 e. The Balaban J connectivity index is 1.61. The second-order valence-electron chi connectivity index (χ2n) is 6.49. The fourth-order valence-electron chi connectivity index (χ4n) is 2.46. The highest BCUT2D eigenvalue weighted by atomic mass is 19.3. The standard InChI is InChI=1S/C19H21F2N3O2/c1-13-8-15(5-4-14-2-3-14)6-7-16(13)17(24-22)9-23-10-18-25-11-19(20,21)12-26-18/h6-9,14,18H,2-3,10-12,22H2,1H3/b23-9?,24-17+. The summed E-state index contributed by atoms with van der Waals surface area (Å²) in [6.07, 6.45) is 3.09. The van der Waals surface area contributed by atoms with Gasteiger partial charge in [-0.2, -0.15) is 5.10 Å². The second-order valence-corrected chi connectivity index (χ2v) is 6.49. The van der Waals surface area contributed by atoms with E-state index in [0.29, 0.717) is 11.6 Å². The fraction of sp³-hybridized carbons (Fsp3) is 0.474. The van der Waals surface area contributed by atoms with Crippen LogP contribution >= 0.6 is 0 Å². The molecule has 1 heterocycles. The van der Waals surface area contributed by atoms with Crippen molar-refractivity contribution in [3.05, 3.63) is 34.9 Å². The number of nitrogens with zero attached hydrogens (tertiary/aromatic N) is 2. The van der Waals surface area contributed by atoms with Crippen LogP contribution in [-0.4, -0.2) is 43.9 Å². The zero-order chi connectivity index (χ0) is 18.6. The number of alkyl halides is 2. The second kappa shape index (κ2) is 7.94. The van der Waals surface area contributed by atoms with E-state index in [9.17, 15) is 8.78 Å². The first kappa shape index (κ1) is 18.5. The Morgan fingerprint density at radius 1 is 1.35 bits per heavy atom. The topological polar surface area (TPSA) is 69.2 Å². The van der Waals surface area contributed by atoms with E-state index in [1.807, 2.05) is 25.1 Å². The molecule has 1 aromatic carbocycles. The van der Waals surface area contributed by atoms with Gasteiger partial charge in [-0.25, -0.2) is 8.78 Å². The number of aryl methyl sites for hydroxylation is 1. The molecule has 138 valence electrons. The molecule has 2 N–H and O–H groups in total. The summed E-state index contributed by atoms with van der Waals surface area (Å²) in [6, 6.07) is 5.81. The third-order valence-electron chi connectivity index (χ3n) is 4.07. The Morgan fingerprint density at radius 3 is 2.69 bits per heavy atom. The molecule has 1 saturated carbocycles. The van der Waals surface area contributed by atoms with E-state index < -0.39 is 25.4 Å². The molecule has 0 radical (unpaired) electrons. The molecule has 0 aromatic heterocycles. The molecular formula is C19H21F2N3O2. The summed E-state index contributed by atoms with van der Waals surface area (Å²) >= 11 is 0. The Morgan fingerprint density at radius 2 is 2.08 bits per heavy atom. The molecule has 1 aromatic rings. The summed E-state index contributed by atoms with van der Waals surface area (Å²) in [4.78, 5) is 4.16. The Kier molecular flexibility index (Phi) is 5.64. The molecule has 0 amide bonds. The van der Waals surface area contributed by atoms with Gasteiger partial charge in [-0.15, -0.1) is 0 Å². The number of hydrogen-bond donors (Lipinski definition) is 1. The first-order valence-corrected chi connectivity index (χ1v) is 8.48. The van der Waals surface area contributed by atoms with E-state index in [2.05, 4.69) is 21.9 Å². The molecule has 0 unspecified atom stereocenters. The predicted molar refractivity (Wildman–Crippen MR) is 95.5 cm³/mol. The molecule has 2 fully saturated rings. The van der Waals surface area contributed by atoms with Gasteiger partial charge in [-0.05, 0) is 37.5 Å². The number of aliphatic imine (C=N–C) groups is 1. The smallest absolute Gasteiger partial charge is 0.293 e. The fourth-order valence-corrected chi connectivity index (χ4v) is 2.46. The van der Waals surface area contributed by atoms with Gasteiger partial charge in [0.1, 0.15) is 18.9 Å². The van der Waals surface area contributed by atoms with E-state index in [1.54, 1.807) is 0 Å². The van der Waals surface area contributed by atoms with Gasteiger partial charge < -0.3 is 15.3 Å². The highest BCUT2D eigenvalue weighted by Gasteiger charge is 2.36. The maximum atomic E-state index is 12.9. The average Bonchev–Trinajstić information content (AvgIpc) is 3.43. The van der Waals surface area contributed by atoms with Gasteiger partial charge in [0.15, 0.2) is 6.29 Å². The van der Waals surface area contributed by atoms with Crippen molar-refractivity contribution in [2.24, 2.45) is 21.9 Å². The molecule has 1 aliphatic carbocycles. The lowest BCUT2D eigenvalue weighted by Gasteiger charge is -2.27. The lowest BCUT2D eigenvalue weighted by Crippen LogP contribution is -2.41. The van der Waals surface area contributed by atoms with Crippen molar-refractivity contribution in [1.29, 1.82) is 0 Å². The van der Waals surface area contributed by atoms with E-state index in [4.69, 9.17) is 15.3 Å². The quantitative estimate of drug-likeness (QED) is 0.388. The number of hydrogen-bond acceptors (Lipinski definition) is 5. The van der Waals surface area contributed by atoms with Crippen molar-refractivity contribution >= 4 is 11.9 Å². The number of halogens is 2. The van der Waals surface area contributed by atoms with Gasteiger partial charge >= 0.3 is 0 Å². The predicted octanol–water partition coefficient (Wildman–Crippen LogP) is 2.50. The molecule has 1 aliphatic heterocycles. The minimum absolute atomic E-state index is 0.0963. The van der Waals surface area contributed by atoms with Crippen LogP contribution in [0.4, 0.5) is 8.78 Å². The van der Waals surface area contributed by atoms with Crippen molar-refractivity contribution in [3.63, 3.8) is 0 Å². The molecule has 0 atom stereocenters. The van der Waals surface area contributed by atoms with Crippen molar-refractivity contribution in [3.8, 4) is 11.8 Å². The van der Waals surface area contributed by atoms with Crippen molar-refractivity contribution < 1.29 is 18.3 Å². The van der Waals surface area contributed by atoms with Crippen molar-refractivity contribution in [2.75, 3.05) is 19.8 Å². The number of benzene rings is 1. The number of nitrogens with two attached hydrogens (primary N) is 1. The number of rotatable bonds is 4. The lowest BCUT2D eigenvalue weighted by atomic mass is 10.0.